The zero-order chi connectivity index (χ0) is 14.4. The molecule has 5 heteroatoms. The third kappa shape index (κ3) is 4.51. The highest BCUT2D eigenvalue weighted by Crippen LogP contribution is 2.27. The topological polar surface area (TPSA) is 44.5 Å². The van der Waals surface area contributed by atoms with Gasteiger partial charge in [-0.2, -0.15) is 0 Å². The lowest BCUT2D eigenvalue weighted by atomic mass is 10.3. The van der Waals surface area contributed by atoms with Gasteiger partial charge in [0.15, 0.2) is 0 Å². The Morgan fingerprint density at radius 2 is 1.75 bits per heavy atom. The molecule has 0 radical (unpaired) electrons. The van der Waals surface area contributed by atoms with Gasteiger partial charge < -0.3 is 15.2 Å². The molecule has 106 valence electrons. The second-order valence-corrected chi connectivity index (χ2v) is 5.04. The van der Waals surface area contributed by atoms with Crippen molar-refractivity contribution in [2.45, 2.75) is 6.42 Å². The van der Waals surface area contributed by atoms with Crippen LogP contribution in [-0.4, -0.2) is 13.2 Å². The van der Waals surface area contributed by atoms with Gasteiger partial charge in [-0.1, -0.05) is 29.3 Å². The molecule has 0 aliphatic heterocycles. The molecular weight excluding hydrogens is 297 g/mol. The van der Waals surface area contributed by atoms with Crippen molar-refractivity contribution in [2.24, 2.45) is 0 Å². The molecule has 0 aliphatic rings. The fourth-order valence-electron chi connectivity index (χ4n) is 1.63. The van der Waals surface area contributed by atoms with E-state index in [1.807, 2.05) is 18.2 Å². The van der Waals surface area contributed by atoms with Crippen LogP contribution in [0.2, 0.25) is 10.0 Å². The fraction of sp³-hybridized carbons (Fsp3) is 0.200. The lowest BCUT2D eigenvalue weighted by molar-refractivity contribution is 0.247. The Kier molecular flexibility index (Phi) is 5.39. The van der Waals surface area contributed by atoms with Gasteiger partial charge in [0.1, 0.15) is 11.5 Å². The molecule has 2 rings (SSSR count). The molecule has 0 aliphatic carbocycles. The summed E-state index contributed by atoms with van der Waals surface area (Å²) in [6.07, 6.45) is 0.744. The van der Waals surface area contributed by atoms with Crippen LogP contribution in [0.3, 0.4) is 0 Å². The summed E-state index contributed by atoms with van der Waals surface area (Å²) in [5.74, 6) is 1.38. The van der Waals surface area contributed by atoms with E-state index in [0.717, 1.165) is 12.2 Å². The zero-order valence-electron chi connectivity index (χ0n) is 10.8. The number of nitrogen functional groups attached to an aromatic ring is 1. The number of anilines is 1. The first-order valence-electron chi connectivity index (χ1n) is 6.21. The monoisotopic (exact) mass is 311 g/mol. The molecule has 20 heavy (non-hydrogen) atoms. The van der Waals surface area contributed by atoms with E-state index in [4.69, 9.17) is 38.4 Å². The highest BCUT2D eigenvalue weighted by Gasteiger charge is 2.02. The Hall–Kier alpha value is -1.58. The Balaban J connectivity index is 1.71. The second kappa shape index (κ2) is 7.27. The van der Waals surface area contributed by atoms with Gasteiger partial charge in [-0.3, -0.25) is 0 Å². The highest BCUT2D eigenvalue weighted by atomic mass is 35.5. The first kappa shape index (κ1) is 14.8. The summed E-state index contributed by atoms with van der Waals surface area (Å²) in [5, 5.41) is 1.10. The molecule has 0 saturated carbocycles. The van der Waals surface area contributed by atoms with Gasteiger partial charge in [0.2, 0.25) is 0 Å². The van der Waals surface area contributed by atoms with Crippen LogP contribution >= 0.6 is 23.2 Å². The molecule has 2 aromatic carbocycles. The number of nitrogens with two attached hydrogens (primary N) is 1. The van der Waals surface area contributed by atoms with Crippen LogP contribution in [-0.2, 0) is 0 Å². The van der Waals surface area contributed by atoms with Crippen LogP contribution in [0, 0.1) is 0 Å². The average Bonchev–Trinajstić information content (AvgIpc) is 2.41. The van der Waals surface area contributed by atoms with Crippen LogP contribution in [0.4, 0.5) is 5.69 Å². The summed E-state index contributed by atoms with van der Waals surface area (Å²) in [4.78, 5) is 0. The van der Waals surface area contributed by atoms with Crippen molar-refractivity contribution in [3.63, 3.8) is 0 Å². The van der Waals surface area contributed by atoms with E-state index in [0.29, 0.717) is 34.7 Å². The zero-order valence-corrected chi connectivity index (χ0v) is 12.3. The number of benzene rings is 2. The van der Waals surface area contributed by atoms with Gasteiger partial charge in [-0.05, 0) is 30.3 Å². The van der Waals surface area contributed by atoms with E-state index in [1.165, 1.54) is 0 Å². The quantitative estimate of drug-likeness (QED) is 0.634. The second-order valence-electron chi connectivity index (χ2n) is 4.20. The van der Waals surface area contributed by atoms with Gasteiger partial charge in [0, 0.05) is 23.2 Å². The summed E-state index contributed by atoms with van der Waals surface area (Å²) in [6, 6.07) is 12.5. The minimum Gasteiger partial charge on any atom is -0.493 e. The lowest BCUT2D eigenvalue weighted by Crippen LogP contribution is -2.05. The summed E-state index contributed by atoms with van der Waals surface area (Å²) in [5.41, 5.74) is 6.35. The molecule has 0 bridgehead atoms. The molecule has 0 amide bonds. The van der Waals surface area contributed by atoms with Gasteiger partial charge in [-0.25, -0.2) is 0 Å². The molecule has 0 unspecified atom stereocenters. The Labute approximate surface area is 128 Å². The fourth-order valence-corrected chi connectivity index (χ4v) is 2.09. The van der Waals surface area contributed by atoms with Gasteiger partial charge in [0.05, 0.1) is 18.2 Å². The lowest BCUT2D eigenvalue weighted by Gasteiger charge is -2.09. The van der Waals surface area contributed by atoms with Crippen LogP contribution in [0.1, 0.15) is 6.42 Å². The molecule has 0 spiro atoms. The Morgan fingerprint density at radius 1 is 0.950 bits per heavy atom. The third-order valence-electron chi connectivity index (χ3n) is 2.57. The molecule has 3 nitrogen and oxygen atoms in total. The molecule has 0 atom stereocenters. The molecule has 2 aromatic rings. The van der Waals surface area contributed by atoms with E-state index in [1.54, 1.807) is 24.3 Å². The third-order valence-corrected chi connectivity index (χ3v) is 3.10. The predicted molar refractivity (Wildman–Crippen MR) is 82.9 cm³/mol. The first-order valence-corrected chi connectivity index (χ1v) is 6.97. The van der Waals surface area contributed by atoms with Crippen molar-refractivity contribution in [1.82, 2.24) is 0 Å². The maximum Gasteiger partial charge on any atom is 0.137 e. The van der Waals surface area contributed by atoms with Gasteiger partial charge >= 0.3 is 0 Å². The van der Waals surface area contributed by atoms with E-state index in [2.05, 4.69) is 0 Å². The molecule has 0 fully saturated rings. The van der Waals surface area contributed by atoms with Crippen LogP contribution < -0.4 is 15.2 Å². The molecule has 0 heterocycles. The Morgan fingerprint density at radius 3 is 2.50 bits per heavy atom. The summed E-state index contributed by atoms with van der Waals surface area (Å²) in [7, 11) is 0. The smallest absolute Gasteiger partial charge is 0.137 e. The minimum atomic E-state index is 0.509. The van der Waals surface area contributed by atoms with Gasteiger partial charge in [-0.15, -0.1) is 0 Å². The summed E-state index contributed by atoms with van der Waals surface area (Å²) >= 11 is 11.8. The summed E-state index contributed by atoms with van der Waals surface area (Å²) < 4.78 is 11.1. The van der Waals surface area contributed by atoms with Crippen molar-refractivity contribution in [1.29, 1.82) is 0 Å². The number of halogens is 2. The van der Waals surface area contributed by atoms with Crippen LogP contribution in [0.5, 0.6) is 11.5 Å². The average molecular weight is 312 g/mol. The molecular formula is C15H15Cl2NO2. The maximum atomic E-state index is 6.00. The van der Waals surface area contributed by atoms with Gasteiger partial charge in [0.25, 0.3) is 0 Å². The molecule has 2 N–H and O–H groups in total. The first-order chi connectivity index (χ1) is 9.65. The number of hydrogen-bond acceptors (Lipinski definition) is 3. The number of ether oxygens (including phenoxy) is 2. The van der Waals surface area contributed by atoms with E-state index >= 15 is 0 Å². The molecule has 0 aromatic heterocycles. The maximum absolute atomic E-state index is 6.00. The van der Waals surface area contributed by atoms with Crippen molar-refractivity contribution in [3.05, 3.63) is 52.5 Å². The standard InChI is InChI=1S/C15H15Cl2NO2/c16-11-5-6-15(14(17)9-11)20-8-2-7-19-13-4-1-3-12(18)10-13/h1,3-6,9-10H,2,7-8,18H2. The predicted octanol–water partition coefficient (Wildman–Crippen LogP) is 4.42. The van der Waals surface area contributed by atoms with Crippen molar-refractivity contribution < 1.29 is 9.47 Å². The van der Waals surface area contributed by atoms with Crippen molar-refractivity contribution in [3.8, 4) is 11.5 Å². The van der Waals surface area contributed by atoms with E-state index < -0.39 is 0 Å². The van der Waals surface area contributed by atoms with Crippen LogP contribution in [0.25, 0.3) is 0 Å². The minimum absolute atomic E-state index is 0.509. The normalized spacial score (nSPS) is 10.3. The number of rotatable bonds is 6. The summed E-state index contributed by atoms with van der Waals surface area (Å²) in [6.45, 7) is 1.07. The Bertz CT molecular complexity index is 576. The molecule has 0 saturated heterocycles. The highest BCUT2D eigenvalue weighted by molar-refractivity contribution is 6.35. The SMILES string of the molecule is Nc1cccc(OCCCOc2ccc(Cl)cc2Cl)c1. The van der Waals surface area contributed by atoms with E-state index in [9.17, 15) is 0 Å². The van der Waals surface area contributed by atoms with Crippen LogP contribution in [0.15, 0.2) is 42.5 Å². The van der Waals surface area contributed by atoms with Crippen molar-refractivity contribution >= 4 is 28.9 Å². The van der Waals surface area contributed by atoms with Crippen molar-refractivity contribution in [2.75, 3.05) is 18.9 Å². The number of hydrogen-bond donors (Lipinski definition) is 1. The largest absolute Gasteiger partial charge is 0.493 e. The van der Waals surface area contributed by atoms with E-state index in [-0.39, 0.29) is 0 Å².